The number of hydrogen-bond donors (Lipinski definition) is 2. The van der Waals surface area contributed by atoms with E-state index in [-0.39, 0.29) is 35.6 Å². The number of hydrogen-bond acceptors (Lipinski definition) is 4. The number of amides is 1. The molecule has 0 saturated carbocycles. The molecule has 2 N–H and O–H groups in total. The average molecular weight is 347 g/mol. The van der Waals surface area contributed by atoms with Gasteiger partial charge < -0.3 is 9.84 Å². The average Bonchev–Trinajstić information content (AvgIpc) is 2.96. The van der Waals surface area contributed by atoms with Crippen LogP contribution >= 0.6 is 0 Å². The predicted molar refractivity (Wildman–Crippen MR) is 95.8 cm³/mol. The first-order valence-electron chi connectivity index (χ1n) is 8.42. The van der Waals surface area contributed by atoms with Crippen LogP contribution in [0.4, 0.5) is 10.3 Å². The molecule has 136 valence electrons. The Balaban J connectivity index is 1.99. The minimum absolute atomic E-state index is 0.0974. The van der Waals surface area contributed by atoms with Crippen LogP contribution in [-0.2, 0) is 4.79 Å². The standard InChI is InChI=1S/C19H26FN3O2/c1-12(2)15-10-17(25-23-15)22-16(24)11-21-18(19(3,4)5)13-6-8-14(20)9-7-13/h6-10,12,18,21H,11H2,1-5H3,(H,22,24). The van der Waals surface area contributed by atoms with Gasteiger partial charge in [-0.05, 0) is 29.0 Å². The second kappa shape index (κ2) is 7.78. The van der Waals surface area contributed by atoms with Crippen LogP contribution in [0.15, 0.2) is 34.9 Å². The largest absolute Gasteiger partial charge is 0.338 e. The van der Waals surface area contributed by atoms with Crippen molar-refractivity contribution in [2.45, 2.75) is 46.6 Å². The lowest BCUT2D eigenvalue weighted by Crippen LogP contribution is -2.37. The molecular formula is C19H26FN3O2. The summed E-state index contributed by atoms with van der Waals surface area (Å²) in [5.41, 5.74) is 1.58. The fourth-order valence-corrected chi connectivity index (χ4v) is 2.58. The SMILES string of the molecule is CC(C)c1cc(NC(=O)CNC(c2ccc(F)cc2)C(C)(C)C)on1. The number of nitrogens with zero attached hydrogens (tertiary/aromatic N) is 1. The molecule has 1 heterocycles. The van der Waals surface area contributed by atoms with Crippen LogP contribution in [-0.4, -0.2) is 17.6 Å². The Bertz CT molecular complexity index is 702. The maximum Gasteiger partial charge on any atom is 0.240 e. The van der Waals surface area contributed by atoms with E-state index in [1.54, 1.807) is 18.2 Å². The van der Waals surface area contributed by atoms with Gasteiger partial charge in [0, 0.05) is 12.1 Å². The van der Waals surface area contributed by atoms with Crippen molar-refractivity contribution in [2.75, 3.05) is 11.9 Å². The maximum atomic E-state index is 13.2. The molecule has 0 bridgehead atoms. The van der Waals surface area contributed by atoms with Crippen LogP contribution < -0.4 is 10.6 Å². The van der Waals surface area contributed by atoms with Gasteiger partial charge in [0.1, 0.15) is 5.82 Å². The summed E-state index contributed by atoms with van der Waals surface area (Å²) in [5.74, 6) is 0.0733. The van der Waals surface area contributed by atoms with Gasteiger partial charge in [-0.2, -0.15) is 0 Å². The second-order valence-electron chi connectivity index (χ2n) is 7.55. The monoisotopic (exact) mass is 347 g/mol. The van der Waals surface area contributed by atoms with Gasteiger partial charge in [0.2, 0.25) is 11.8 Å². The summed E-state index contributed by atoms with van der Waals surface area (Å²) < 4.78 is 18.3. The molecule has 1 aromatic heterocycles. The Hall–Kier alpha value is -2.21. The highest BCUT2D eigenvalue weighted by molar-refractivity contribution is 5.91. The minimum Gasteiger partial charge on any atom is -0.338 e. The number of aromatic nitrogens is 1. The third kappa shape index (κ3) is 5.39. The predicted octanol–water partition coefficient (Wildman–Crippen LogP) is 4.25. The second-order valence-corrected chi connectivity index (χ2v) is 7.55. The van der Waals surface area contributed by atoms with Gasteiger partial charge in [-0.15, -0.1) is 0 Å². The van der Waals surface area contributed by atoms with Gasteiger partial charge in [-0.1, -0.05) is 51.9 Å². The summed E-state index contributed by atoms with van der Waals surface area (Å²) >= 11 is 0. The molecule has 1 unspecified atom stereocenters. The highest BCUT2D eigenvalue weighted by Gasteiger charge is 2.26. The molecule has 5 nitrogen and oxygen atoms in total. The first-order valence-corrected chi connectivity index (χ1v) is 8.42. The van der Waals surface area contributed by atoms with E-state index in [4.69, 9.17) is 4.52 Å². The minimum atomic E-state index is -0.277. The summed E-state index contributed by atoms with van der Waals surface area (Å²) in [4.78, 5) is 12.2. The van der Waals surface area contributed by atoms with E-state index < -0.39 is 0 Å². The molecule has 2 rings (SSSR count). The Morgan fingerprint density at radius 3 is 2.40 bits per heavy atom. The molecule has 1 atom stereocenters. The molecule has 0 aliphatic carbocycles. The van der Waals surface area contributed by atoms with E-state index >= 15 is 0 Å². The maximum absolute atomic E-state index is 13.2. The van der Waals surface area contributed by atoms with Crippen LogP contribution in [0.2, 0.25) is 0 Å². The molecule has 0 spiro atoms. The summed E-state index contributed by atoms with van der Waals surface area (Å²) in [6.45, 7) is 10.3. The number of halogens is 1. The van der Waals surface area contributed by atoms with Gasteiger partial charge in [0.05, 0.1) is 12.2 Å². The van der Waals surface area contributed by atoms with Gasteiger partial charge in [0.25, 0.3) is 0 Å². The number of nitrogens with one attached hydrogen (secondary N) is 2. The Kier molecular flexibility index (Phi) is 5.95. The summed E-state index contributed by atoms with van der Waals surface area (Å²) in [6, 6.07) is 7.96. The van der Waals surface area contributed by atoms with Gasteiger partial charge >= 0.3 is 0 Å². The fraction of sp³-hybridized carbons (Fsp3) is 0.474. The molecule has 6 heteroatoms. The van der Waals surface area contributed by atoms with Gasteiger partial charge in [0.15, 0.2) is 0 Å². The van der Waals surface area contributed by atoms with Crippen LogP contribution in [0.3, 0.4) is 0 Å². The Morgan fingerprint density at radius 1 is 1.24 bits per heavy atom. The summed E-state index contributed by atoms with van der Waals surface area (Å²) in [7, 11) is 0. The zero-order valence-corrected chi connectivity index (χ0v) is 15.4. The third-order valence-corrected chi connectivity index (χ3v) is 3.92. The Morgan fingerprint density at radius 2 is 1.88 bits per heavy atom. The lowest BCUT2D eigenvalue weighted by Gasteiger charge is -2.32. The van der Waals surface area contributed by atoms with Crippen molar-refractivity contribution in [1.29, 1.82) is 0 Å². The van der Waals surface area contributed by atoms with Crippen LogP contribution in [0.5, 0.6) is 0 Å². The molecule has 1 amide bonds. The Labute approximate surface area is 148 Å². The van der Waals surface area contributed by atoms with E-state index in [1.807, 2.05) is 13.8 Å². The molecule has 0 fully saturated rings. The van der Waals surface area contributed by atoms with Crippen LogP contribution in [0, 0.1) is 11.2 Å². The van der Waals surface area contributed by atoms with Crippen molar-refractivity contribution in [3.05, 3.63) is 47.4 Å². The van der Waals surface area contributed by atoms with Crippen LogP contribution in [0.1, 0.15) is 57.8 Å². The molecule has 0 radical (unpaired) electrons. The molecule has 0 saturated heterocycles. The lowest BCUT2D eigenvalue weighted by atomic mass is 9.82. The highest BCUT2D eigenvalue weighted by Crippen LogP contribution is 2.32. The molecular weight excluding hydrogens is 321 g/mol. The smallest absolute Gasteiger partial charge is 0.240 e. The molecule has 25 heavy (non-hydrogen) atoms. The van der Waals surface area contributed by atoms with E-state index in [2.05, 4.69) is 36.6 Å². The number of carbonyl (C=O) groups excluding carboxylic acids is 1. The van der Waals surface area contributed by atoms with Crippen molar-refractivity contribution in [2.24, 2.45) is 5.41 Å². The van der Waals surface area contributed by atoms with E-state index in [0.29, 0.717) is 5.88 Å². The first kappa shape index (κ1) is 19.1. The van der Waals surface area contributed by atoms with Crippen molar-refractivity contribution in [3.8, 4) is 0 Å². The fourth-order valence-electron chi connectivity index (χ4n) is 2.58. The number of anilines is 1. The van der Waals surface area contributed by atoms with Gasteiger partial charge in [-0.3, -0.25) is 10.1 Å². The summed E-state index contributed by atoms with van der Waals surface area (Å²) in [6.07, 6.45) is 0. The van der Waals surface area contributed by atoms with Crippen molar-refractivity contribution in [1.82, 2.24) is 10.5 Å². The topological polar surface area (TPSA) is 67.2 Å². The third-order valence-electron chi connectivity index (χ3n) is 3.92. The van der Waals surface area contributed by atoms with Gasteiger partial charge in [-0.25, -0.2) is 4.39 Å². The molecule has 1 aromatic carbocycles. The van der Waals surface area contributed by atoms with Crippen molar-refractivity contribution < 1.29 is 13.7 Å². The summed E-state index contributed by atoms with van der Waals surface area (Å²) in [5, 5.41) is 9.86. The quantitative estimate of drug-likeness (QED) is 0.820. The normalized spacial score (nSPS) is 13.1. The molecule has 0 aliphatic rings. The zero-order chi connectivity index (χ0) is 18.6. The molecule has 2 aromatic rings. The van der Waals surface area contributed by atoms with E-state index in [1.165, 1.54) is 12.1 Å². The van der Waals surface area contributed by atoms with Crippen molar-refractivity contribution in [3.63, 3.8) is 0 Å². The zero-order valence-electron chi connectivity index (χ0n) is 15.4. The van der Waals surface area contributed by atoms with E-state index in [0.717, 1.165) is 11.3 Å². The molecule has 0 aliphatic heterocycles. The van der Waals surface area contributed by atoms with E-state index in [9.17, 15) is 9.18 Å². The lowest BCUT2D eigenvalue weighted by molar-refractivity contribution is -0.115. The number of benzene rings is 1. The van der Waals surface area contributed by atoms with Crippen molar-refractivity contribution >= 4 is 11.8 Å². The van der Waals surface area contributed by atoms with Crippen LogP contribution in [0.25, 0.3) is 0 Å². The number of carbonyl (C=O) groups is 1. The number of rotatable bonds is 6. The highest BCUT2D eigenvalue weighted by atomic mass is 19.1. The first-order chi connectivity index (χ1) is 11.7.